The Kier molecular flexibility index (Phi) is 3.69. The molecule has 5 rings (SSSR count). The summed E-state index contributed by atoms with van der Waals surface area (Å²) in [6.45, 7) is 1.78. The molecule has 0 bridgehead atoms. The van der Waals surface area contributed by atoms with Gasteiger partial charge in [-0.2, -0.15) is 0 Å². The van der Waals surface area contributed by atoms with Crippen molar-refractivity contribution in [2.75, 3.05) is 13.1 Å². The number of hydrogen-bond acceptors (Lipinski definition) is 2. The van der Waals surface area contributed by atoms with Gasteiger partial charge in [-0.3, -0.25) is 0 Å². The molecule has 3 aliphatic rings. The Morgan fingerprint density at radius 1 is 1.19 bits per heavy atom. The molecule has 2 atom stereocenters. The van der Waals surface area contributed by atoms with Crippen LogP contribution < -0.4 is 0 Å². The van der Waals surface area contributed by atoms with Crippen LogP contribution >= 0.6 is 0 Å². The normalized spacial score (nSPS) is 24.8. The molecule has 1 aromatic heterocycles. The molecule has 0 amide bonds. The summed E-state index contributed by atoms with van der Waals surface area (Å²) < 4.78 is 30.5. The molecular formula is C21H21F2N3. The molecule has 1 saturated heterocycles. The third-order valence-corrected chi connectivity index (χ3v) is 5.95. The molecule has 0 saturated carbocycles. The Balaban J connectivity index is 1.50. The van der Waals surface area contributed by atoms with E-state index in [1.807, 2.05) is 18.6 Å². The van der Waals surface area contributed by atoms with Crippen molar-refractivity contribution in [1.82, 2.24) is 14.5 Å². The summed E-state index contributed by atoms with van der Waals surface area (Å²) in [5.41, 5.74) is 3.82. The molecule has 134 valence electrons. The molecule has 2 aliphatic heterocycles. The minimum absolute atomic E-state index is 0.0314. The lowest BCUT2D eigenvalue weighted by atomic mass is 9.85. The molecule has 0 spiro atoms. The molecule has 1 aromatic carbocycles. The lowest BCUT2D eigenvalue weighted by Crippen LogP contribution is -2.38. The zero-order chi connectivity index (χ0) is 17.7. The fraction of sp³-hybridized carbons (Fsp3) is 0.381. The fourth-order valence-electron chi connectivity index (χ4n) is 4.82. The van der Waals surface area contributed by atoms with Crippen molar-refractivity contribution >= 4 is 0 Å². The predicted molar refractivity (Wildman–Crippen MR) is 96.6 cm³/mol. The Morgan fingerprint density at radius 2 is 2.12 bits per heavy atom. The molecule has 0 N–H and O–H groups in total. The first-order valence-corrected chi connectivity index (χ1v) is 9.34. The van der Waals surface area contributed by atoms with Crippen molar-refractivity contribution in [3.63, 3.8) is 0 Å². The summed E-state index contributed by atoms with van der Waals surface area (Å²) in [5.74, 6) is 0.00595. The van der Waals surface area contributed by atoms with Gasteiger partial charge in [0.05, 0.1) is 24.3 Å². The van der Waals surface area contributed by atoms with E-state index in [4.69, 9.17) is 0 Å². The molecule has 5 heteroatoms. The molecular weight excluding hydrogens is 332 g/mol. The monoisotopic (exact) mass is 353 g/mol. The summed E-state index contributed by atoms with van der Waals surface area (Å²) >= 11 is 0. The first-order valence-electron chi connectivity index (χ1n) is 9.34. The molecule has 2 unspecified atom stereocenters. The lowest BCUT2D eigenvalue weighted by Gasteiger charge is -2.39. The average Bonchev–Trinajstić information content (AvgIpc) is 3.23. The highest BCUT2D eigenvalue weighted by molar-refractivity contribution is 5.69. The molecule has 3 heterocycles. The number of benzene rings is 1. The van der Waals surface area contributed by atoms with Gasteiger partial charge in [0.15, 0.2) is 0 Å². The number of likely N-dealkylation sites (tertiary alicyclic amines) is 1. The van der Waals surface area contributed by atoms with E-state index in [2.05, 4.69) is 14.5 Å². The number of allylic oxidation sites excluding steroid dienone is 4. The van der Waals surface area contributed by atoms with Gasteiger partial charge in [-0.15, -0.1) is 0 Å². The van der Waals surface area contributed by atoms with E-state index in [1.54, 1.807) is 24.3 Å². The van der Waals surface area contributed by atoms with Crippen molar-refractivity contribution in [2.24, 2.45) is 5.92 Å². The highest BCUT2D eigenvalue weighted by Gasteiger charge is 2.38. The van der Waals surface area contributed by atoms with Crippen LogP contribution in [0.3, 0.4) is 0 Å². The maximum absolute atomic E-state index is 14.7. The Morgan fingerprint density at radius 3 is 3.00 bits per heavy atom. The van der Waals surface area contributed by atoms with Crippen LogP contribution in [0.15, 0.2) is 54.4 Å². The van der Waals surface area contributed by atoms with Gasteiger partial charge in [0.2, 0.25) is 0 Å². The maximum Gasteiger partial charge on any atom is 0.129 e. The number of rotatable bonds is 2. The third kappa shape index (κ3) is 2.41. The van der Waals surface area contributed by atoms with Crippen LogP contribution in [-0.2, 0) is 0 Å². The molecule has 0 radical (unpaired) electrons. The summed E-state index contributed by atoms with van der Waals surface area (Å²) in [6.07, 6.45) is 10.7. The van der Waals surface area contributed by atoms with Crippen LogP contribution in [0.5, 0.6) is 0 Å². The summed E-state index contributed by atoms with van der Waals surface area (Å²) in [4.78, 5) is 6.60. The second kappa shape index (κ2) is 6.08. The smallest absolute Gasteiger partial charge is 0.129 e. The average molecular weight is 353 g/mol. The van der Waals surface area contributed by atoms with Crippen molar-refractivity contribution in [1.29, 1.82) is 0 Å². The van der Waals surface area contributed by atoms with E-state index in [0.717, 1.165) is 61.3 Å². The van der Waals surface area contributed by atoms with Gasteiger partial charge in [-0.1, -0.05) is 12.1 Å². The van der Waals surface area contributed by atoms with E-state index in [9.17, 15) is 8.78 Å². The van der Waals surface area contributed by atoms with Crippen LogP contribution in [-0.4, -0.2) is 27.5 Å². The lowest BCUT2D eigenvalue weighted by molar-refractivity contribution is 0.178. The predicted octanol–water partition coefficient (Wildman–Crippen LogP) is 4.84. The van der Waals surface area contributed by atoms with Crippen LogP contribution in [0, 0.1) is 11.7 Å². The van der Waals surface area contributed by atoms with E-state index >= 15 is 0 Å². The van der Waals surface area contributed by atoms with Crippen LogP contribution in [0.4, 0.5) is 8.78 Å². The van der Waals surface area contributed by atoms with Gasteiger partial charge in [-0.25, -0.2) is 13.8 Å². The summed E-state index contributed by atoms with van der Waals surface area (Å²) in [5, 5.41) is 0. The van der Waals surface area contributed by atoms with Gasteiger partial charge >= 0.3 is 0 Å². The SMILES string of the molecule is FC1=CCCC(N2CCCC(C3c4c(F)cccc4-c4cncn43)C2)=C1. The molecule has 1 aliphatic carbocycles. The number of hydrogen-bond donors (Lipinski definition) is 0. The number of nitrogens with zero attached hydrogens (tertiary/aromatic N) is 3. The van der Waals surface area contributed by atoms with Crippen molar-refractivity contribution in [2.45, 2.75) is 31.7 Å². The summed E-state index contributed by atoms with van der Waals surface area (Å²) in [7, 11) is 0. The van der Waals surface area contributed by atoms with Gasteiger partial charge in [0.1, 0.15) is 11.6 Å². The number of imidazole rings is 1. The molecule has 26 heavy (non-hydrogen) atoms. The third-order valence-electron chi connectivity index (χ3n) is 5.95. The van der Waals surface area contributed by atoms with Gasteiger partial charge in [-0.05, 0) is 43.9 Å². The number of halogens is 2. The van der Waals surface area contributed by atoms with Gasteiger partial charge in [0, 0.05) is 35.8 Å². The fourth-order valence-corrected chi connectivity index (χ4v) is 4.82. The molecule has 1 fully saturated rings. The number of aromatic nitrogens is 2. The first kappa shape index (κ1) is 15.8. The van der Waals surface area contributed by atoms with E-state index in [1.165, 1.54) is 0 Å². The first-order chi connectivity index (χ1) is 12.7. The van der Waals surface area contributed by atoms with Crippen molar-refractivity contribution in [3.8, 4) is 11.3 Å². The van der Waals surface area contributed by atoms with Crippen molar-refractivity contribution < 1.29 is 8.78 Å². The Labute approximate surface area is 151 Å². The zero-order valence-electron chi connectivity index (χ0n) is 14.5. The van der Waals surface area contributed by atoms with E-state index in [0.29, 0.717) is 0 Å². The second-order valence-electron chi connectivity index (χ2n) is 7.44. The Bertz CT molecular complexity index is 912. The molecule has 3 nitrogen and oxygen atoms in total. The van der Waals surface area contributed by atoms with E-state index in [-0.39, 0.29) is 23.6 Å². The van der Waals surface area contributed by atoms with Gasteiger partial charge in [0.25, 0.3) is 0 Å². The largest absolute Gasteiger partial charge is 0.374 e. The van der Waals surface area contributed by atoms with Crippen LogP contribution in [0.1, 0.15) is 37.3 Å². The van der Waals surface area contributed by atoms with Crippen LogP contribution in [0.2, 0.25) is 0 Å². The van der Waals surface area contributed by atoms with Crippen molar-refractivity contribution in [3.05, 3.63) is 65.8 Å². The highest BCUT2D eigenvalue weighted by atomic mass is 19.1. The van der Waals surface area contributed by atoms with Crippen LogP contribution in [0.25, 0.3) is 11.3 Å². The topological polar surface area (TPSA) is 21.1 Å². The minimum atomic E-state index is -0.140. The minimum Gasteiger partial charge on any atom is -0.374 e. The maximum atomic E-state index is 14.7. The second-order valence-corrected chi connectivity index (χ2v) is 7.44. The highest BCUT2D eigenvalue weighted by Crippen LogP contribution is 2.46. The number of fused-ring (bicyclic) bond motifs is 3. The Hall–Kier alpha value is -2.43. The quantitative estimate of drug-likeness (QED) is 0.771. The zero-order valence-corrected chi connectivity index (χ0v) is 14.5. The summed E-state index contributed by atoms with van der Waals surface area (Å²) in [6, 6.07) is 5.27. The standard InChI is InChI=1S/C21H21F2N3/c22-15-5-1-6-16(10-15)25-9-3-4-14(12-25)21-20-17(7-2-8-18(20)23)19-11-24-13-26(19)21/h2,5,7-8,10-11,13-14,21H,1,3-4,6,9,12H2. The molecule has 2 aromatic rings. The number of piperidine rings is 1. The van der Waals surface area contributed by atoms with Gasteiger partial charge < -0.3 is 9.47 Å². The van der Waals surface area contributed by atoms with E-state index < -0.39 is 0 Å².